The van der Waals surface area contributed by atoms with Crippen LogP contribution in [0.15, 0.2) is 60.8 Å². The number of rotatable bonds is 2. The van der Waals surface area contributed by atoms with Crippen LogP contribution in [0.25, 0.3) is 32.9 Å². The monoisotopic (exact) mass is 368 g/mol. The lowest BCUT2D eigenvalue weighted by atomic mass is 10.0. The maximum atomic E-state index is 4.82. The summed E-state index contributed by atoms with van der Waals surface area (Å²) in [6, 6.07) is 19.5. The Balaban J connectivity index is 1.30. The van der Waals surface area contributed by atoms with E-state index in [1.54, 1.807) is 0 Å². The Kier molecular flexibility index (Phi) is 3.50. The first-order valence-electron chi connectivity index (χ1n) is 10.1. The van der Waals surface area contributed by atoms with Gasteiger partial charge in [0.15, 0.2) is 0 Å². The Bertz CT molecular complexity index is 1150. The topological polar surface area (TPSA) is 35.2 Å². The predicted octanol–water partition coefficient (Wildman–Crippen LogP) is 4.38. The predicted molar refractivity (Wildman–Crippen MR) is 116 cm³/mol. The maximum Gasteiger partial charge on any atom is 0.128 e. The molecule has 0 aliphatic carbocycles. The van der Waals surface area contributed by atoms with Crippen LogP contribution in [0, 0.1) is 11.8 Å². The molecule has 2 unspecified atom stereocenters. The minimum atomic E-state index is 0.802. The Morgan fingerprint density at radius 3 is 2.36 bits per heavy atom. The molecule has 2 atom stereocenters. The summed E-state index contributed by atoms with van der Waals surface area (Å²) >= 11 is 0. The first-order chi connectivity index (χ1) is 13.7. The highest BCUT2D eigenvalue weighted by atomic mass is 15.3. The Morgan fingerprint density at radius 2 is 1.57 bits per heavy atom. The second-order valence-electron chi connectivity index (χ2n) is 8.48. The van der Waals surface area contributed by atoms with Gasteiger partial charge in [0.1, 0.15) is 5.82 Å². The molecule has 2 aromatic heterocycles. The number of pyridine rings is 1. The van der Waals surface area contributed by atoms with Crippen molar-refractivity contribution in [1.29, 1.82) is 0 Å². The van der Waals surface area contributed by atoms with Crippen LogP contribution in [-0.2, 0) is 0 Å². The molecule has 4 heteroatoms. The fourth-order valence-corrected chi connectivity index (χ4v) is 5.19. The molecule has 2 aliphatic rings. The van der Waals surface area contributed by atoms with Crippen molar-refractivity contribution in [2.24, 2.45) is 11.8 Å². The molecule has 2 saturated heterocycles. The van der Waals surface area contributed by atoms with Crippen molar-refractivity contribution < 1.29 is 0 Å². The molecule has 4 nitrogen and oxygen atoms in total. The minimum Gasteiger partial charge on any atom is -0.356 e. The first kappa shape index (κ1) is 16.1. The van der Waals surface area contributed by atoms with Crippen molar-refractivity contribution in [2.45, 2.75) is 0 Å². The molecule has 2 aliphatic heterocycles. The summed E-state index contributed by atoms with van der Waals surface area (Å²) in [4.78, 5) is 13.2. The summed E-state index contributed by atoms with van der Waals surface area (Å²) in [5, 5.41) is 2.55. The van der Waals surface area contributed by atoms with Gasteiger partial charge in [0.25, 0.3) is 0 Å². The van der Waals surface area contributed by atoms with E-state index in [0.29, 0.717) is 0 Å². The van der Waals surface area contributed by atoms with Gasteiger partial charge in [0.2, 0.25) is 0 Å². The van der Waals surface area contributed by atoms with Gasteiger partial charge in [-0.1, -0.05) is 24.3 Å². The fraction of sp³-hybridized carbons (Fsp3) is 0.292. The summed E-state index contributed by atoms with van der Waals surface area (Å²) in [6.07, 6.45) is 2.03. The number of para-hydroxylation sites is 1. The molecule has 4 aromatic rings. The third-order valence-electron chi connectivity index (χ3n) is 6.58. The quantitative estimate of drug-likeness (QED) is 0.570. The zero-order valence-corrected chi connectivity index (χ0v) is 16.1. The van der Waals surface area contributed by atoms with Gasteiger partial charge in [-0.25, -0.2) is 4.98 Å². The Morgan fingerprint density at radius 1 is 0.821 bits per heavy atom. The number of nitrogens with zero attached hydrogens (tertiary/aromatic N) is 3. The van der Waals surface area contributed by atoms with Crippen LogP contribution in [0.1, 0.15) is 0 Å². The summed E-state index contributed by atoms with van der Waals surface area (Å²) in [5.74, 6) is 2.72. The molecule has 0 saturated carbocycles. The highest BCUT2D eigenvalue weighted by molar-refractivity contribution is 6.08. The highest BCUT2D eigenvalue weighted by Gasteiger charge is 2.38. The van der Waals surface area contributed by atoms with Gasteiger partial charge >= 0.3 is 0 Å². The third kappa shape index (κ3) is 2.52. The number of aromatic nitrogens is 2. The maximum absolute atomic E-state index is 4.82. The number of fused-ring (bicyclic) bond motifs is 4. The Labute approximate surface area is 164 Å². The van der Waals surface area contributed by atoms with E-state index in [-0.39, 0.29) is 0 Å². The lowest BCUT2D eigenvalue weighted by Gasteiger charge is -2.20. The average molecular weight is 368 g/mol. The van der Waals surface area contributed by atoms with Crippen molar-refractivity contribution >= 4 is 27.6 Å². The van der Waals surface area contributed by atoms with Crippen LogP contribution in [0.5, 0.6) is 0 Å². The van der Waals surface area contributed by atoms with Gasteiger partial charge in [-0.3, -0.25) is 0 Å². The van der Waals surface area contributed by atoms with Gasteiger partial charge in [0.05, 0.1) is 0 Å². The van der Waals surface area contributed by atoms with E-state index in [2.05, 4.69) is 76.4 Å². The standard InChI is InChI=1S/C24H24N4/c1-27-12-18-14-28(15-19(18)13-27)24-9-7-17(11-25-24)16-6-8-23-21(10-16)20-4-2-3-5-22(20)26-23/h2-11,18-19,26H,12-15H2,1H3. The SMILES string of the molecule is CN1CC2CN(c3ccc(-c4ccc5[nH]c6ccccc6c5c4)cn3)CC2C1. The minimum absolute atomic E-state index is 0.802. The average Bonchev–Trinajstić information content (AvgIpc) is 3.38. The molecule has 2 aromatic carbocycles. The lowest BCUT2D eigenvalue weighted by Crippen LogP contribution is -2.27. The molecule has 28 heavy (non-hydrogen) atoms. The molecule has 0 bridgehead atoms. The zero-order valence-electron chi connectivity index (χ0n) is 16.1. The number of benzene rings is 2. The molecule has 140 valence electrons. The summed E-state index contributed by atoms with van der Waals surface area (Å²) in [5.41, 5.74) is 4.77. The van der Waals surface area contributed by atoms with Crippen molar-refractivity contribution in [3.05, 3.63) is 60.8 Å². The van der Waals surface area contributed by atoms with Gasteiger partial charge in [0, 0.05) is 59.7 Å². The van der Waals surface area contributed by atoms with Crippen LogP contribution >= 0.6 is 0 Å². The largest absolute Gasteiger partial charge is 0.356 e. The molecule has 4 heterocycles. The van der Waals surface area contributed by atoms with Crippen molar-refractivity contribution in [3.8, 4) is 11.1 Å². The zero-order chi connectivity index (χ0) is 18.7. The molecular weight excluding hydrogens is 344 g/mol. The number of anilines is 1. The number of likely N-dealkylation sites (tertiary alicyclic amines) is 1. The third-order valence-corrected chi connectivity index (χ3v) is 6.58. The molecule has 0 radical (unpaired) electrons. The first-order valence-corrected chi connectivity index (χ1v) is 10.1. The van der Waals surface area contributed by atoms with E-state index < -0.39 is 0 Å². The summed E-state index contributed by atoms with van der Waals surface area (Å²) < 4.78 is 0. The normalized spacial score (nSPS) is 22.4. The number of hydrogen-bond donors (Lipinski definition) is 1. The second kappa shape index (κ2) is 6.08. The number of hydrogen-bond acceptors (Lipinski definition) is 3. The smallest absolute Gasteiger partial charge is 0.128 e. The van der Waals surface area contributed by atoms with Crippen molar-refractivity contribution in [3.63, 3.8) is 0 Å². The molecule has 1 N–H and O–H groups in total. The van der Waals surface area contributed by atoms with Crippen LogP contribution in [0.2, 0.25) is 0 Å². The van der Waals surface area contributed by atoms with E-state index in [4.69, 9.17) is 4.98 Å². The Hall–Kier alpha value is -2.85. The van der Waals surface area contributed by atoms with Gasteiger partial charge in [-0.05, 0) is 54.8 Å². The highest BCUT2D eigenvalue weighted by Crippen LogP contribution is 2.34. The van der Waals surface area contributed by atoms with Crippen molar-refractivity contribution in [2.75, 3.05) is 38.1 Å². The number of aromatic amines is 1. The van der Waals surface area contributed by atoms with Crippen LogP contribution < -0.4 is 4.90 Å². The molecule has 6 rings (SSSR count). The van der Waals surface area contributed by atoms with Crippen LogP contribution in [0.4, 0.5) is 5.82 Å². The summed E-state index contributed by atoms with van der Waals surface area (Å²) in [7, 11) is 2.24. The number of H-pyrrole nitrogens is 1. The summed E-state index contributed by atoms with van der Waals surface area (Å²) in [6.45, 7) is 4.74. The van der Waals surface area contributed by atoms with E-state index in [0.717, 1.165) is 30.7 Å². The van der Waals surface area contributed by atoms with Crippen LogP contribution in [-0.4, -0.2) is 48.1 Å². The lowest BCUT2D eigenvalue weighted by molar-refractivity contribution is 0.387. The van der Waals surface area contributed by atoms with E-state index >= 15 is 0 Å². The van der Waals surface area contributed by atoms with E-state index in [9.17, 15) is 0 Å². The van der Waals surface area contributed by atoms with Crippen molar-refractivity contribution in [1.82, 2.24) is 14.9 Å². The molecule has 2 fully saturated rings. The molecular formula is C24H24N4. The van der Waals surface area contributed by atoms with Gasteiger partial charge < -0.3 is 14.8 Å². The molecule has 0 spiro atoms. The molecule has 0 amide bonds. The van der Waals surface area contributed by atoms with E-state index in [1.807, 2.05) is 6.20 Å². The van der Waals surface area contributed by atoms with Gasteiger partial charge in [-0.15, -0.1) is 0 Å². The second-order valence-corrected chi connectivity index (χ2v) is 8.48. The van der Waals surface area contributed by atoms with Gasteiger partial charge in [-0.2, -0.15) is 0 Å². The van der Waals surface area contributed by atoms with Crippen LogP contribution in [0.3, 0.4) is 0 Å². The van der Waals surface area contributed by atoms with E-state index in [1.165, 1.54) is 46.0 Å². The number of nitrogens with one attached hydrogen (secondary N) is 1. The fourth-order valence-electron chi connectivity index (χ4n) is 5.19.